The zero-order valence-corrected chi connectivity index (χ0v) is 11.8. The van der Waals surface area contributed by atoms with Gasteiger partial charge in [-0.25, -0.2) is 4.98 Å². The minimum Gasteiger partial charge on any atom is -0.327 e. The number of aromatic nitrogens is 2. The van der Waals surface area contributed by atoms with Crippen LogP contribution in [-0.2, 0) is 0 Å². The van der Waals surface area contributed by atoms with Crippen molar-refractivity contribution >= 4 is 34.7 Å². The molecule has 0 radical (unpaired) electrons. The number of hydrogen-bond donors (Lipinski definition) is 1. The summed E-state index contributed by atoms with van der Waals surface area (Å²) in [4.78, 5) is 16.2. The van der Waals surface area contributed by atoms with E-state index in [-0.39, 0.29) is 5.91 Å². The smallest absolute Gasteiger partial charge is 0.255 e. The summed E-state index contributed by atoms with van der Waals surface area (Å²) in [5.74, 6) is -0.188. The van der Waals surface area contributed by atoms with E-state index in [4.69, 9.17) is 11.6 Å². The van der Waals surface area contributed by atoms with Crippen molar-refractivity contribution in [1.29, 1.82) is 0 Å². The van der Waals surface area contributed by atoms with Gasteiger partial charge in [0.2, 0.25) is 0 Å². The second kappa shape index (κ2) is 5.81. The van der Waals surface area contributed by atoms with Crippen LogP contribution in [-0.4, -0.2) is 15.5 Å². The van der Waals surface area contributed by atoms with Crippen LogP contribution in [0.15, 0.2) is 61.1 Å². The van der Waals surface area contributed by atoms with Gasteiger partial charge in [-0.3, -0.25) is 4.79 Å². The Labute approximate surface area is 126 Å². The van der Waals surface area contributed by atoms with Crippen molar-refractivity contribution in [3.63, 3.8) is 0 Å². The quantitative estimate of drug-likeness (QED) is 0.803. The summed E-state index contributed by atoms with van der Waals surface area (Å²) in [7, 11) is 0. The SMILES string of the molecule is O=C(N/C=C/n1cnc2ccccc21)c1ccc(Cl)cc1. The highest BCUT2D eigenvalue weighted by molar-refractivity contribution is 6.30. The van der Waals surface area contributed by atoms with Crippen LogP contribution in [0.1, 0.15) is 10.4 Å². The van der Waals surface area contributed by atoms with Crippen molar-refractivity contribution in [2.24, 2.45) is 0 Å². The van der Waals surface area contributed by atoms with E-state index in [1.165, 1.54) is 0 Å². The van der Waals surface area contributed by atoms with Crippen LogP contribution < -0.4 is 5.32 Å². The minimum absolute atomic E-state index is 0.188. The van der Waals surface area contributed by atoms with Gasteiger partial charge in [0.05, 0.1) is 17.4 Å². The van der Waals surface area contributed by atoms with Gasteiger partial charge in [-0.05, 0) is 36.4 Å². The molecule has 0 saturated heterocycles. The number of carbonyl (C=O) groups excluding carboxylic acids is 1. The van der Waals surface area contributed by atoms with E-state index in [2.05, 4.69) is 10.3 Å². The van der Waals surface area contributed by atoms with Crippen LogP contribution in [0.4, 0.5) is 0 Å². The van der Waals surface area contributed by atoms with E-state index in [0.717, 1.165) is 11.0 Å². The first-order chi connectivity index (χ1) is 10.2. The summed E-state index contributed by atoms with van der Waals surface area (Å²) in [6.45, 7) is 0. The Morgan fingerprint density at radius 2 is 1.90 bits per heavy atom. The van der Waals surface area contributed by atoms with E-state index in [1.807, 2.05) is 28.8 Å². The molecular weight excluding hydrogens is 286 g/mol. The summed E-state index contributed by atoms with van der Waals surface area (Å²) in [5.41, 5.74) is 2.44. The number of carbonyl (C=O) groups is 1. The highest BCUT2D eigenvalue weighted by Crippen LogP contribution is 2.12. The molecule has 0 atom stereocenters. The standard InChI is InChI=1S/C16H12ClN3O/c17-13-7-5-12(6-8-13)16(21)18-9-10-20-11-19-14-3-1-2-4-15(14)20/h1-11H,(H,18,21)/b10-9+. The van der Waals surface area contributed by atoms with E-state index < -0.39 is 0 Å². The maximum atomic E-state index is 11.9. The van der Waals surface area contributed by atoms with Crippen molar-refractivity contribution in [3.8, 4) is 0 Å². The number of rotatable bonds is 3. The van der Waals surface area contributed by atoms with Gasteiger partial charge in [-0.15, -0.1) is 0 Å². The number of imidazole rings is 1. The molecular formula is C16H12ClN3O. The zero-order valence-electron chi connectivity index (χ0n) is 11.0. The van der Waals surface area contributed by atoms with Gasteiger partial charge in [0.15, 0.2) is 0 Å². The molecule has 0 spiro atoms. The minimum atomic E-state index is -0.188. The summed E-state index contributed by atoms with van der Waals surface area (Å²) >= 11 is 5.79. The van der Waals surface area contributed by atoms with Gasteiger partial charge in [0.1, 0.15) is 0 Å². The molecule has 0 fully saturated rings. The van der Waals surface area contributed by atoms with Crippen LogP contribution in [0.5, 0.6) is 0 Å². The second-order valence-corrected chi connectivity index (χ2v) is 4.87. The topological polar surface area (TPSA) is 46.9 Å². The van der Waals surface area contributed by atoms with Crippen molar-refractivity contribution in [2.75, 3.05) is 0 Å². The number of nitrogens with one attached hydrogen (secondary N) is 1. The Morgan fingerprint density at radius 3 is 2.71 bits per heavy atom. The monoisotopic (exact) mass is 297 g/mol. The molecule has 4 nitrogen and oxygen atoms in total. The molecule has 5 heteroatoms. The van der Waals surface area contributed by atoms with Gasteiger partial charge < -0.3 is 9.88 Å². The predicted molar refractivity (Wildman–Crippen MR) is 84.0 cm³/mol. The molecule has 1 aromatic heterocycles. The number of hydrogen-bond acceptors (Lipinski definition) is 2. The second-order valence-electron chi connectivity index (χ2n) is 4.44. The molecule has 0 aliphatic heterocycles. The Hall–Kier alpha value is -2.59. The molecule has 1 amide bonds. The first-order valence-electron chi connectivity index (χ1n) is 6.39. The van der Waals surface area contributed by atoms with Crippen LogP contribution in [0.3, 0.4) is 0 Å². The molecule has 2 aromatic carbocycles. The number of halogens is 1. The number of fused-ring (bicyclic) bond motifs is 1. The summed E-state index contributed by atoms with van der Waals surface area (Å²) in [6.07, 6.45) is 5.05. The molecule has 21 heavy (non-hydrogen) atoms. The molecule has 0 bridgehead atoms. The van der Waals surface area contributed by atoms with Gasteiger partial charge in [0.25, 0.3) is 5.91 Å². The average molecular weight is 298 g/mol. The van der Waals surface area contributed by atoms with Crippen molar-refractivity contribution < 1.29 is 4.79 Å². The highest BCUT2D eigenvalue weighted by Gasteiger charge is 2.02. The van der Waals surface area contributed by atoms with Gasteiger partial charge in [-0.2, -0.15) is 0 Å². The largest absolute Gasteiger partial charge is 0.327 e. The lowest BCUT2D eigenvalue weighted by atomic mass is 10.2. The first kappa shape index (κ1) is 13.4. The molecule has 0 aliphatic carbocycles. The predicted octanol–water partition coefficient (Wildman–Crippen LogP) is 3.55. The molecule has 1 N–H and O–H groups in total. The third kappa shape index (κ3) is 2.95. The van der Waals surface area contributed by atoms with Crippen molar-refractivity contribution in [1.82, 2.24) is 14.9 Å². The third-order valence-corrected chi connectivity index (χ3v) is 3.29. The third-order valence-electron chi connectivity index (χ3n) is 3.04. The zero-order chi connectivity index (χ0) is 14.7. The van der Waals surface area contributed by atoms with E-state index in [1.54, 1.807) is 43.0 Å². The van der Waals surface area contributed by atoms with E-state index >= 15 is 0 Å². The summed E-state index contributed by atoms with van der Waals surface area (Å²) < 4.78 is 1.84. The fourth-order valence-electron chi connectivity index (χ4n) is 1.97. The number of nitrogens with zero attached hydrogens (tertiary/aromatic N) is 2. The number of benzene rings is 2. The first-order valence-corrected chi connectivity index (χ1v) is 6.76. The lowest BCUT2D eigenvalue weighted by Crippen LogP contribution is -2.16. The molecule has 3 rings (SSSR count). The fourth-order valence-corrected chi connectivity index (χ4v) is 2.10. The fraction of sp³-hybridized carbons (Fsp3) is 0. The lowest BCUT2D eigenvalue weighted by molar-refractivity contribution is 0.0970. The van der Waals surface area contributed by atoms with Gasteiger partial charge >= 0.3 is 0 Å². The normalized spacial score (nSPS) is 11.1. The summed E-state index contributed by atoms with van der Waals surface area (Å²) in [6, 6.07) is 14.5. The van der Waals surface area contributed by atoms with E-state index in [9.17, 15) is 4.79 Å². The molecule has 0 unspecified atom stereocenters. The lowest BCUT2D eigenvalue weighted by Gasteiger charge is -2.01. The Bertz CT molecular complexity index is 806. The molecule has 0 saturated carbocycles. The van der Waals surface area contributed by atoms with Crippen molar-refractivity contribution in [2.45, 2.75) is 0 Å². The Kier molecular flexibility index (Phi) is 3.71. The van der Waals surface area contributed by atoms with Crippen LogP contribution in [0, 0.1) is 0 Å². The van der Waals surface area contributed by atoms with Gasteiger partial charge in [0, 0.05) is 23.0 Å². The Balaban J connectivity index is 1.72. The van der Waals surface area contributed by atoms with Crippen LogP contribution >= 0.6 is 11.6 Å². The molecule has 1 heterocycles. The number of para-hydroxylation sites is 2. The highest BCUT2D eigenvalue weighted by atomic mass is 35.5. The molecule has 3 aromatic rings. The Morgan fingerprint density at radius 1 is 1.14 bits per heavy atom. The molecule has 104 valence electrons. The maximum absolute atomic E-state index is 11.9. The van der Waals surface area contributed by atoms with Crippen LogP contribution in [0.25, 0.3) is 17.2 Å². The van der Waals surface area contributed by atoms with Gasteiger partial charge in [-0.1, -0.05) is 23.7 Å². The van der Waals surface area contributed by atoms with Crippen LogP contribution in [0.2, 0.25) is 5.02 Å². The van der Waals surface area contributed by atoms with Crippen molar-refractivity contribution in [3.05, 3.63) is 71.6 Å². The summed E-state index contributed by atoms with van der Waals surface area (Å²) in [5, 5.41) is 3.31. The van der Waals surface area contributed by atoms with E-state index in [0.29, 0.717) is 10.6 Å². The molecule has 0 aliphatic rings. The maximum Gasteiger partial charge on any atom is 0.255 e. The number of amides is 1. The average Bonchev–Trinajstić information content (AvgIpc) is 2.91.